The first-order valence-electron chi connectivity index (χ1n) is 8.12. The van der Waals surface area contributed by atoms with Gasteiger partial charge in [0.2, 0.25) is 5.91 Å². The van der Waals surface area contributed by atoms with Crippen molar-refractivity contribution in [2.75, 3.05) is 13.2 Å². The summed E-state index contributed by atoms with van der Waals surface area (Å²) in [5, 5.41) is 4.01. The van der Waals surface area contributed by atoms with E-state index in [0.717, 1.165) is 15.6 Å². The summed E-state index contributed by atoms with van der Waals surface area (Å²) in [5.74, 6) is 3.30. The Kier molecular flexibility index (Phi) is 8.37. The first-order chi connectivity index (χ1) is 13.0. The number of terminal acetylenes is 1. The van der Waals surface area contributed by atoms with E-state index >= 15 is 0 Å². The molecule has 0 atom stereocenters. The molecule has 27 heavy (non-hydrogen) atoms. The van der Waals surface area contributed by atoms with E-state index < -0.39 is 0 Å². The molecule has 0 aliphatic heterocycles. The van der Waals surface area contributed by atoms with Crippen LogP contribution in [0.4, 0.5) is 0 Å². The van der Waals surface area contributed by atoms with Crippen LogP contribution in [-0.2, 0) is 11.2 Å². The Morgan fingerprint density at radius 1 is 1.26 bits per heavy atom. The Labute approximate surface area is 175 Å². The molecular formula is C20H18Br2N2O3. The molecule has 0 spiro atoms. The molecule has 0 unspecified atom stereocenters. The number of carbonyl (C=O) groups excluding carboxylic acids is 1. The lowest BCUT2D eigenvalue weighted by atomic mass is 10.1. The molecule has 0 heterocycles. The van der Waals surface area contributed by atoms with Gasteiger partial charge >= 0.3 is 0 Å². The highest BCUT2D eigenvalue weighted by Gasteiger charge is 2.11. The van der Waals surface area contributed by atoms with Crippen LogP contribution < -0.4 is 14.9 Å². The lowest BCUT2D eigenvalue weighted by molar-refractivity contribution is -0.120. The second kappa shape index (κ2) is 10.8. The third-order valence-corrected chi connectivity index (χ3v) is 4.43. The van der Waals surface area contributed by atoms with Gasteiger partial charge in [0.25, 0.3) is 0 Å². The van der Waals surface area contributed by atoms with Crippen LogP contribution in [-0.4, -0.2) is 25.3 Å². The number of amides is 1. The van der Waals surface area contributed by atoms with Crippen LogP contribution in [0.5, 0.6) is 11.5 Å². The Bertz CT molecular complexity index is 859. The van der Waals surface area contributed by atoms with E-state index in [-0.39, 0.29) is 18.9 Å². The zero-order chi connectivity index (χ0) is 19.6. The Hall–Kier alpha value is -2.30. The summed E-state index contributed by atoms with van der Waals surface area (Å²) in [6.45, 7) is 2.49. The van der Waals surface area contributed by atoms with E-state index in [9.17, 15) is 4.79 Å². The van der Waals surface area contributed by atoms with E-state index in [2.05, 4.69) is 48.3 Å². The van der Waals surface area contributed by atoms with E-state index in [0.29, 0.717) is 22.6 Å². The van der Waals surface area contributed by atoms with Crippen LogP contribution in [0.15, 0.2) is 50.4 Å². The number of rotatable bonds is 8. The molecular weight excluding hydrogens is 476 g/mol. The molecule has 0 saturated carbocycles. The minimum absolute atomic E-state index is 0.137. The maximum atomic E-state index is 12.0. The number of hydrogen-bond acceptors (Lipinski definition) is 4. The van der Waals surface area contributed by atoms with E-state index in [1.807, 2.05) is 31.2 Å². The van der Waals surface area contributed by atoms with Crippen molar-refractivity contribution in [1.29, 1.82) is 0 Å². The fourth-order valence-corrected chi connectivity index (χ4v) is 3.02. The largest absolute Gasteiger partial charge is 0.490 e. The fourth-order valence-electron chi connectivity index (χ4n) is 2.19. The van der Waals surface area contributed by atoms with Crippen LogP contribution >= 0.6 is 31.9 Å². The summed E-state index contributed by atoms with van der Waals surface area (Å²) < 4.78 is 12.8. The summed E-state index contributed by atoms with van der Waals surface area (Å²) in [5.41, 5.74) is 4.16. The molecule has 1 amide bonds. The SMILES string of the molecule is C#CCOc1c(Br)cc(/C=N/NC(=O)Cc2ccc(Br)cc2)cc1OCC. The lowest BCUT2D eigenvalue weighted by Crippen LogP contribution is -2.19. The number of benzene rings is 2. The van der Waals surface area contributed by atoms with Gasteiger partial charge in [0.05, 0.1) is 23.7 Å². The standard InChI is InChI=1S/C20H18Br2N2O3/c1-3-9-27-20-17(22)10-15(11-18(20)26-4-2)13-23-24-19(25)12-14-5-7-16(21)8-6-14/h1,5-8,10-11,13H,4,9,12H2,2H3,(H,24,25)/b23-13+. The molecule has 0 saturated heterocycles. The first kappa shape index (κ1) is 21.0. The summed E-state index contributed by atoms with van der Waals surface area (Å²) in [6.07, 6.45) is 7.03. The molecule has 2 aromatic rings. The average Bonchev–Trinajstić information content (AvgIpc) is 2.63. The minimum Gasteiger partial charge on any atom is -0.490 e. The van der Waals surface area contributed by atoms with Crippen LogP contribution in [0.3, 0.4) is 0 Å². The highest BCUT2D eigenvalue weighted by atomic mass is 79.9. The number of nitrogens with one attached hydrogen (secondary N) is 1. The van der Waals surface area contributed by atoms with Gasteiger partial charge in [-0.2, -0.15) is 5.10 Å². The normalized spacial score (nSPS) is 10.4. The zero-order valence-electron chi connectivity index (χ0n) is 14.7. The number of nitrogens with zero attached hydrogens (tertiary/aromatic N) is 1. The molecule has 0 aliphatic carbocycles. The number of hydrazone groups is 1. The van der Waals surface area contributed by atoms with Crippen LogP contribution in [0.25, 0.3) is 0 Å². The van der Waals surface area contributed by atoms with Crippen molar-refractivity contribution in [3.05, 3.63) is 56.5 Å². The van der Waals surface area contributed by atoms with Crippen LogP contribution in [0.2, 0.25) is 0 Å². The van der Waals surface area contributed by atoms with Gasteiger partial charge in [-0.3, -0.25) is 4.79 Å². The fraction of sp³-hybridized carbons (Fsp3) is 0.200. The van der Waals surface area contributed by atoms with Gasteiger partial charge in [0.15, 0.2) is 11.5 Å². The maximum absolute atomic E-state index is 12.0. The second-order valence-electron chi connectivity index (χ2n) is 5.35. The summed E-state index contributed by atoms with van der Waals surface area (Å²) in [4.78, 5) is 12.0. The molecule has 0 aromatic heterocycles. The van der Waals surface area contributed by atoms with Gasteiger partial charge in [-0.1, -0.05) is 34.0 Å². The molecule has 7 heteroatoms. The summed E-state index contributed by atoms with van der Waals surface area (Å²) >= 11 is 6.81. The first-order valence-corrected chi connectivity index (χ1v) is 9.71. The van der Waals surface area contributed by atoms with E-state index in [4.69, 9.17) is 15.9 Å². The quantitative estimate of drug-likeness (QED) is 0.338. The number of ether oxygens (including phenoxy) is 2. The Balaban J connectivity index is 2.03. The summed E-state index contributed by atoms with van der Waals surface area (Å²) in [7, 11) is 0. The number of carbonyl (C=O) groups is 1. The van der Waals surface area contributed by atoms with Crippen LogP contribution in [0.1, 0.15) is 18.1 Å². The minimum atomic E-state index is -0.202. The molecule has 1 N–H and O–H groups in total. The predicted molar refractivity (Wildman–Crippen MR) is 113 cm³/mol. The Morgan fingerprint density at radius 3 is 2.67 bits per heavy atom. The molecule has 2 rings (SSSR count). The molecule has 140 valence electrons. The van der Waals surface area contributed by atoms with Crippen molar-refractivity contribution < 1.29 is 14.3 Å². The zero-order valence-corrected chi connectivity index (χ0v) is 17.8. The van der Waals surface area contributed by atoms with Crippen molar-refractivity contribution in [2.45, 2.75) is 13.3 Å². The van der Waals surface area contributed by atoms with Gasteiger partial charge in [0.1, 0.15) is 6.61 Å². The third-order valence-electron chi connectivity index (χ3n) is 3.31. The predicted octanol–water partition coefficient (Wildman–Crippen LogP) is 4.32. The van der Waals surface area contributed by atoms with Crippen molar-refractivity contribution in [3.63, 3.8) is 0 Å². The Morgan fingerprint density at radius 2 is 2.00 bits per heavy atom. The number of hydrogen-bond donors (Lipinski definition) is 1. The second-order valence-corrected chi connectivity index (χ2v) is 7.12. The lowest BCUT2D eigenvalue weighted by Gasteiger charge is -2.13. The van der Waals surface area contributed by atoms with Gasteiger partial charge in [-0.25, -0.2) is 5.43 Å². The molecule has 5 nitrogen and oxygen atoms in total. The molecule has 0 bridgehead atoms. The monoisotopic (exact) mass is 492 g/mol. The van der Waals surface area contributed by atoms with Gasteiger partial charge in [0, 0.05) is 4.47 Å². The van der Waals surface area contributed by atoms with Gasteiger partial charge in [-0.15, -0.1) is 6.42 Å². The van der Waals surface area contributed by atoms with Crippen molar-refractivity contribution in [3.8, 4) is 23.8 Å². The molecule has 0 fully saturated rings. The topological polar surface area (TPSA) is 59.9 Å². The maximum Gasteiger partial charge on any atom is 0.244 e. The van der Waals surface area contributed by atoms with Gasteiger partial charge < -0.3 is 9.47 Å². The van der Waals surface area contributed by atoms with Crippen molar-refractivity contribution in [1.82, 2.24) is 5.43 Å². The van der Waals surface area contributed by atoms with Crippen LogP contribution in [0, 0.1) is 12.3 Å². The van der Waals surface area contributed by atoms with Crippen molar-refractivity contribution >= 4 is 44.0 Å². The molecule has 2 aromatic carbocycles. The highest BCUT2D eigenvalue weighted by Crippen LogP contribution is 2.36. The van der Waals surface area contributed by atoms with E-state index in [1.54, 1.807) is 12.1 Å². The average molecular weight is 494 g/mol. The van der Waals surface area contributed by atoms with Crippen molar-refractivity contribution in [2.24, 2.45) is 5.10 Å². The number of halogens is 2. The van der Waals surface area contributed by atoms with E-state index in [1.165, 1.54) is 6.21 Å². The summed E-state index contributed by atoms with van der Waals surface area (Å²) in [6, 6.07) is 11.1. The smallest absolute Gasteiger partial charge is 0.244 e. The third kappa shape index (κ3) is 6.74. The molecule has 0 aliphatic rings. The molecule has 0 radical (unpaired) electrons. The highest BCUT2D eigenvalue weighted by molar-refractivity contribution is 9.10. The van der Waals surface area contributed by atoms with Gasteiger partial charge in [-0.05, 0) is 58.2 Å².